The summed E-state index contributed by atoms with van der Waals surface area (Å²) in [6, 6.07) is 8.13. The fourth-order valence-electron chi connectivity index (χ4n) is 5.01. The summed E-state index contributed by atoms with van der Waals surface area (Å²) >= 11 is 0. The van der Waals surface area contributed by atoms with Gasteiger partial charge in [-0.25, -0.2) is 9.78 Å². The highest BCUT2D eigenvalue weighted by molar-refractivity contribution is 5.94. The number of aromatic nitrogens is 3. The van der Waals surface area contributed by atoms with E-state index in [1.165, 1.54) is 0 Å². The number of ether oxygens (including phenoxy) is 1. The number of amides is 1. The second-order valence-corrected chi connectivity index (χ2v) is 10.3. The molecule has 5 heterocycles. The van der Waals surface area contributed by atoms with Crippen molar-refractivity contribution in [2.75, 3.05) is 31.1 Å². The first-order valence-electron chi connectivity index (χ1n) is 11.7. The lowest BCUT2D eigenvalue weighted by molar-refractivity contribution is 0.0266. The number of hydrogen-bond acceptors (Lipinski definition) is 6. The number of nitrogens with zero attached hydrogens (tertiary/aromatic N) is 5. The molecule has 33 heavy (non-hydrogen) atoms. The van der Waals surface area contributed by atoms with Crippen LogP contribution in [-0.2, 0) is 4.74 Å². The molecule has 7 heteroatoms. The van der Waals surface area contributed by atoms with Gasteiger partial charge in [0.2, 0.25) is 0 Å². The number of anilines is 1. The van der Waals surface area contributed by atoms with Gasteiger partial charge in [-0.05, 0) is 69.7 Å². The Morgan fingerprint density at radius 3 is 2.42 bits per heavy atom. The molecule has 2 aliphatic heterocycles. The highest BCUT2D eigenvalue weighted by Crippen LogP contribution is 2.42. The Balaban J connectivity index is 1.35. The van der Waals surface area contributed by atoms with Crippen LogP contribution >= 0.6 is 0 Å². The number of fused-ring (bicyclic) bond motifs is 1. The standard InChI is InChI=1S/C26H31N5O2/c1-25(2,3)33-24(32)31-15-9-26(18-31)7-13-30(14-8-26)23-21-6-12-28-17-20(21)16-22(29-23)19-4-10-27-11-5-19/h4-6,10-12,16-17H,7-9,13-15,18H2,1-3H3. The molecule has 0 bridgehead atoms. The summed E-state index contributed by atoms with van der Waals surface area (Å²) in [5.41, 5.74) is 1.70. The van der Waals surface area contributed by atoms with E-state index in [1.54, 1.807) is 12.4 Å². The first-order chi connectivity index (χ1) is 15.8. The average Bonchev–Trinajstić information content (AvgIpc) is 3.22. The van der Waals surface area contributed by atoms with Crippen LogP contribution < -0.4 is 4.90 Å². The van der Waals surface area contributed by atoms with Gasteiger partial charge in [-0.2, -0.15) is 0 Å². The van der Waals surface area contributed by atoms with E-state index < -0.39 is 5.60 Å². The lowest BCUT2D eigenvalue weighted by atomic mass is 9.77. The third-order valence-electron chi connectivity index (χ3n) is 6.80. The van der Waals surface area contributed by atoms with E-state index in [2.05, 4.69) is 27.0 Å². The van der Waals surface area contributed by atoms with E-state index >= 15 is 0 Å². The molecule has 172 valence electrons. The van der Waals surface area contributed by atoms with Crippen LogP contribution in [0.4, 0.5) is 10.6 Å². The summed E-state index contributed by atoms with van der Waals surface area (Å²) in [5, 5.41) is 2.21. The van der Waals surface area contributed by atoms with Crippen molar-refractivity contribution in [3.05, 3.63) is 49.1 Å². The van der Waals surface area contributed by atoms with Gasteiger partial charge in [0, 0.05) is 67.3 Å². The van der Waals surface area contributed by atoms with Crippen LogP contribution in [0.15, 0.2) is 49.1 Å². The minimum atomic E-state index is -0.461. The molecule has 2 aliphatic rings. The SMILES string of the molecule is CC(C)(C)OC(=O)N1CCC2(CCN(c3nc(-c4ccncc4)cc4cnccc34)CC2)C1. The van der Waals surface area contributed by atoms with Gasteiger partial charge in [-0.3, -0.25) is 9.97 Å². The van der Waals surface area contributed by atoms with Crippen molar-refractivity contribution in [1.29, 1.82) is 0 Å². The van der Waals surface area contributed by atoms with Crippen LogP contribution in [0.5, 0.6) is 0 Å². The largest absolute Gasteiger partial charge is 0.444 e. The second-order valence-electron chi connectivity index (χ2n) is 10.3. The Morgan fingerprint density at radius 1 is 1.00 bits per heavy atom. The van der Waals surface area contributed by atoms with Crippen molar-refractivity contribution in [3.63, 3.8) is 0 Å². The topological polar surface area (TPSA) is 71.5 Å². The molecular weight excluding hydrogens is 414 g/mol. The van der Waals surface area contributed by atoms with Crippen LogP contribution in [0.2, 0.25) is 0 Å². The minimum absolute atomic E-state index is 0.174. The Kier molecular flexibility index (Phi) is 5.43. The number of piperidine rings is 1. The smallest absolute Gasteiger partial charge is 0.410 e. The Bertz CT molecular complexity index is 1150. The van der Waals surface area contributed by atoms with Crippen molar-refractivity contribution in [1.82, 2.24) is 19.9 Å². The van der Waals surface area contributed by atoms with Crippen molar-refractivity contribution in [2.24, 2.45) is 5.41 Å². The zero-order valence-corrected chi connectivity index (χ0v) is 19.6. The molecule has 0 radical (unpaired) electrons. The highest BCUT2D eigenvalue weighted by atomic mass is 16.6. The molecule has 0 N–H and O–H groups in total. The molecule has 3 aromatic rings. The molecule has 2 saturated heterocycles. The first-order valence-corrected chi connectivity index (χ1v) is 11.7. The van der Waals surface area contributed by atoms with E-state index in [0.717, 1.165) is 73.3 Å². The fourth-order valence-corrected chi connectivity index (χ4v) is 5.01. The Labute approximate surface area is 194 Å². The summed E-state index contributed by atoms with van der Waals surface area (Å²) in [7, 11) is 0. The van der Waals surface area contributed by atoms with E-state index in [9.17, 15) is 4.79 Å². The Hall–Kier alpha value is -3.22. The van der Waals surface area contributed by atoms with E-state index in [4.69, 9.17) is 9.72 Å². The quantitative estimate of drug-likeness (QED) is 0.558. The van der Waals surface area contributed by atoms with Crippen molar-refractivity contribution in [2.45, 2.75) is 45.6 Å². The zero-order valence-electron chi connectivity index (χ0n) is 19.6. The molecule has 0 aromatic carbocycles. The molecule has 7 nitrogen and oxygen atoms in total. The van der Waals surface area contributed by atoms with Crippen LogP contribution in [-0.4, -0.2) is 57.7 Å². The van der Waals surface area contributed by atoms with Crippen molar-refractivity contribution in [3.8, 4) is 11.3 Å². The monoisotopic (exact) mass is 445 g/mol. The molecule has 3 aromatic heterocycles. The van der Waals surface area contributed by atoms with E-state index in [-0.39, 0.29) is 11.5 Å². The maximum atomic E-state index is 12.6. The minimum Gasteiger partial charge on any atom is -0.444 e. The first kappa shape index (κ1) is 21.6. The maximum absolute atomic E-state index is 12.6. The average molecular weight is 446 g/mol. The van der Waals surface area contributed by atoms with Gasteiger partial charge in [0.05, 0.1) is 5.69 Å². The highest BCUT2D eigenvalue weighted by Gasteiger charge is 2.43. The molecular formula is C26H31N5O2. The number of carbonyl (C=O) groups excluding carboxylic acids is 1. The molecule has 5 rings (SSSR count). The Morgan fingerprint density at radius 2 is 1.70 bits per heavy atom. The molecule has 0 aliphatic carbocycles. The third-order valence-corrected chi connectivity index (χ3v) is 6.80. The summed E-state index contributed by atoms with van der Waals surface area (Å²) in [4.78, 5) is 30.4. The number of carbonyl (C=O) groups is 1. The normalized spacial score (nSPS) is 18.2. The molecule has 2 fully saturated rings. The lowest BCUT2D eigenvalue weighted by Gasteiger charge is -2.40. The van der Waals surface area contributed by atoms with Crippen LogP contribution in [0, 0.1) is 5.41 Å². The van der Waals surface area contributed by atoms with Gasteiger partial charge in [0.25, 0.3) is 0 Å². The van der Waals surface area contributed by atoms with Gasteiger partial charge in [-0.15, -0.1) is 0 Å². The maximum Gasteiger partial charge on any atom is 0.410 e. The zero-order chi connectivity index (χ0) is 23.1. The summed E-state index contributed by atoms with van der Waals surface area (Å²) in [5.74, 6) is 1.01. The van der Waals surface area contributed by atoms with Gasteiger partial charge in [-0.1, -0.05) is 0 Å². The van der Waals surface area contributed by atoms with E-state index in [1.807, 2.05) is 50.2 Å². The van der Waals surface area contributed by atoms with Crippen LogP contribution in [0.25, 0.3) is 22.0 Å². The summed E-state index contributed by atoms with van der Waals surface area (Å²) in [6.45, 7) is 9.16. The van der Waals surface area contributed by atoms with Crippen LogP contribution in [0.3, 0.4) is 0 Å². The summed E-state index contributed by atoms with van der Waals surface area (Å²) < 4.78 is 5.61. The number of rotatable bonds is 2. The molecule has 1 spiro atoms. The van der Waals surface area contributed by atoms with Crippen LogP contribution in [0.1, 0.15) is 40.0 Å². The predicted molar refractivity (Wildman–Crippen MR) is 129 cm³/mol. The third kappa shape index (κ3) is 4.49. The number of pyridine rings is 3. The predicted octanol–water partition coefficient (Wildman–Crippen LogP) is 4.92. The van der Waals surface area contributed by atoms with Crippen molar-refractivity contribution >= 4 is 22.7 Å². The second kappa shape index (κ2) is 8.28. The van der Waals surface area contributed by atoms with Gasteiger partial charge < -0.3 is 14.5 Å². The lowest BCUT2D eigenvalue weighted by Crippen LogP contribution is -2.43. The van der Waals surface area contributed by atoms with E-state index in [0.29, 0.717) is 0 Å². The van der Waals surface area contributed by atoms with Crippen molar-refractivity contribution < 1.29 is 9.53 Å². The number of hydrogen-bond donors (Lipinski definition) is 0. The van der Waals surface area contributed by atoms with Gasteiger partial charge >= 0.3 is 6.09 Å². The fraction of sp³-hybridized carbons (Fsp3) is 0.462. The summed E-state index contributed by atoms with van der Waals surface area (Å²) in [6.07, 6.45) is 10.3. The molecule has 0 unspecified atom stereocenters. The van der Waals surface area contributed by atoms with Gasteiger partial charge in [0.1, 0.15) is 11.4 Å². The molecule has 1 amide bonds. The molecule has 0 atom stereocenters. The number of likely N-dealkylation sites (tertiary alicyclic amines) is 1. The molecule has 0 saturated carbocycles. The van der Waals surface area contributed by atoms with Gasteiger partial charge in [0.15, 0.2) is 0 Å².